The lowest BCUT2D eigenvalue weighted by Gasteiger charge is -2.16. The van der Waals surface area contributed by atoms with Gasteiger partial charge in [0.2, 0.25) is 0 Å². The van der Waals surface area contributed by atoms with Gasteiger partial charge in [-0.2, -0.15) is 0 Å². The maximum absolute atomic E-state index is 12.0. The van der Waals surface area contributed by atoms with E-state index < -0.39 is 11.7 Å². The molecule has 0 spiro atoms. The second kappa shape index (κ2) is 6.85. The van der Waals surface area contributed by atoms with E-state index >= 15 is 0 Å². The zero-order valence-electron chi connectivity index (χ0n) is 14.0. The minimum atomic E-state index is -0.615. The maximum Gasteiger partial charge on any atom is 0.415 e. The van der Waals surface area contributed by atoms with E-state index in [-0.39, 0.29) is 11.4 Å². The normalized spacial score (nSPS) is 14.5. The van der Waals surface area contributed by atoms with Crippen LogP contribution in [0.4, 0.5) is 10.5 Å². The van der Waals surface area contributed by atoms with Crippen LogP contribution in [0.1, 0.15) is 33.6 Å². The first-order valence-corrected chi connectivity index (χ1v) is 7.61. The van der Waals surface area contributed by atoms with Crippen LogP contribution < -0.4 is 9.47 Å². The van der Waals surface area contributed by atoms with Gasteiger partial charge in [0.25, 0.3) is 4.92 Å². The summed E-state index contributed by atoms with van der Waals surface area (Å²) in [6.45, 7) is 6.74. The Hall–Kier alpha value is -2.31. The summed E-state index contributed by atoms with van der Waals surface area (Å²) in [6.07, 6.45) is 1.57. The predicted octanol–water partition coefficient (Wildman–Crippen LogP) is 3.43. The first-order chi connectivity index (χ1) is 10.8. The van der Waals surface area contributed by atoms with Crippen molar-refractivity contribution in [3.8, 4) is 11.5 Å². The smallest absolute Gasteiger partial charge is 0.415 e. The summed E-state index contributed by atoms with van der Waals surface area (Å²) in [4.78, 5) is 31.3. The molecule has 0 atom stereocenters. The summed E-state index contributed by atoms with van der Waals surface area (Å²) in [5.41, 5.74) is -0.353. The summed E-state index contributed by atoms with van der Waals surface area (Å²) in [5, 5.41) is 0. The molecule has 1 fully saturated rings. The van der Waals surface area contributed by atoms with Crippen LogP contribution in [-0.4, -0.2) is 41.7 Å². The number of nitrogens with zero attached hydrogens (tertiary/aromatic N) is 2. The molecule has 0 saturated carbocycles. The molecule has 1 aliphatic rings. The Morgan fingerprint density at radius 1 is 1.17 bits per heavy atom. The van der Waals surface area contributed by atoms with Crippen molar-refractivity contribution < 1.29 is 24.0 Å². The Kier molecular flexibility index (Phi) is 5.08. The fourth-order valence-electron chi connectivity index (χ4n) is 2.21. The van der Waals surface area contributed by atoms with Crippen molar-refractivity contribution in [2.45, 2.75) is 39.2 Å². The lowest BCUT2D eigenvalue weighted by atomic mass is 10.2. The van der Waals surface area contributed by atoms with Crippen LogP contribution >= 0.6 is 0 Å². The van der Waals surface area contributed by atoms with E-state index in [2.05, 4.69) is 0 Å². The number of methoxy groups -OCH3 is 1. The SMILES string of the molecule is COc1cc([N+](=O)OC(C)(C)C)ccc1OC(=O)N1CCCC1. The molecule has 1 saturated heterocycles. The van der Waals surface area contributed by atoms with Crippen molar-refractivity contribution in [3.05, 3.63) is 23.1 Å². The molecule has 1 aromatic rings. The Labute approximate surface area is 135 Å². The van der Waals surface area contributed by atoms with E-state index in [1.807, 2.05) is 0 Å². The number of hydrogen-bond donors (Lipinski definition) is 0. The Balaban J connectivity index is 2.12. The number of amides is 1. The minimum absolute atomic E-state index is 0.262. The molecule has 7 nitrogen and oxygen atoms in total. The van der Waals surface area contributed by atoms with Crippen LogP contribution in [0, 0.1) is 4.91 Å². The lowest BCUT2D eigenvalue weighted by Crippen LogP contribution is -2.30. The van der Waals surface area contributed by atoms with Crippen molar-refractivity contribution >= 4 is 11.8 Å². The van der Waals surface area contributed by atoms with Gasteiger partial charge in [-0.3, -0.25) is 0 Å². The fourth-order valence-corrected chi connectivity index (χ4v) is 2.21. The molecule has 1 heterocycles. The van der Waals surface area contributed by atoms with E-state index in [0.717, 1.165) is 12.8 Å². The third-order valence-corrected chi connectivity index (χ3v) is 3.28. The van der Waals surface area contributed by atoms with Gasteiger partial charge in [-0.1, -0.05) is 0 Å². The van der Waals surface area contributed by atoms with Crippen molar-refractivity contribution in [2.75, 3.05) is 20.2 Å². The number of ether oxygens (including phenoxy) is 2. The number of carbonyl (C=O) groups is 1. The van der Waals surface area contributed by atoms with Gasteiger partial charge >= 0.3 is 11.8 Å². The number of rotatable bonds is 4. The standard InChI is InChI=1S/C16H23N2O5/c1-16(2,3)23-18(20)12-7-8-13(14(11-12)21-4)22-15(19)17-9-5-6-10-17/h7-8,11H,5-6,9-10H2,1-4H3/q+1. The van der Waals surface area contributed by atoms with Gasteiger partial charge in [0.15, 0.2) is 17.1 Å². The average molecular weight is 323 g/mol. The Morgan fingerprint density at radius 3 is 2.39 bits per heavy atom. The van der Waals surface area contributed by atoms with Gasteiger partial charge in [0.1, 0.15) is 0 Å². The van der Waals surface area contributed by atoms with Gasteiger partial charge in [0.05, 0.1) is 18.1 Å². The number of likely N-dealkylation sites (tertiary alicyclic amines) is 1. The molecule has 0 aliphatic carbocycles. The van der Waals surface area contributed by atoms with Gasteiger partial charge in [-0.05, 0) is 39.7 Å². The van der Waals surface area contributed by atoms with E-state index in [1.54, 1.807) is 25.7 Å². The predicted molar refractivity (Wildman–Crippen MR) is 84.0 cm³/mol. The minimum Gasteiger partial charge on any atom is -0.493 e. The van der Waals surface area contributed by atoms with Crippen molar-refractivity contribution in [1.82, 2.24) is 4.90 Å². The highest BCUT2D eigenvalue weighted by molar-refractivity contribution is 5.72. The monoisotopic (exact) mass is 323 g/mol. The molecule has 0 radical (unpaired) electrons. The third-order valence-electron chi connectivity index (χ3n) is 3.28. The molecule has 23 heavy (non-hydrogen) atoms. The molecular formula is C16H23N2O5+. The molecule has 1 aromatic carbocycles. The molecule has 0 N–H and O–H groups in total. The summed E-state index contributed by atoms with van der Waals surface area (Å²) in [7, 11) is 1.45. The van der Waals surface area contributed by atoms with Crippen LogP contribution in [0.2, 0.25) is 0 Å². The van der Waals surface area contributed by atoms with Gasteiger partial charge < -0.3 is 14.4 Å². The highest BCUT2D eigenvalue weighted by Gasteiger charge is 2.28. The van der Waals surface area contributed by atoms with Crippen LogP contribution in [0.5, 0.6) is 11.5 Å². The molecule has 126 valence electrons. The van der Waals surface area contributed by atoms with Gasteiger partial charge in [0, 0.05) is 19.2 Å². The largest absolute Gasteiger partial charge is 0.493 e. The first kappa shape index (κ1) is 17.1. The summed E-state index contributed by atoms with van der Waals surface area (Å²) in [6, 6.07) is 4.53. The topological polar surface area (TPSA) is 68.1 Å². The molecule has 1 aliphatic heterocycles. The Bertz CT molecular complexity index is 589. The molecule has 2 rings (SSSR count). The van der Waals surface area contributed by atoms with Crippen molar-refractivity contribution in [3.63, 3.8) is 0 Å². The van der Waals surface area contributed by atoms with Crippen LogP contribution in [0.25, 0.3) is 0 Å². The van der Waals surface area contributed by atoms with E-state index in [4.69, 9.17) is 14.3 Å². The van der Waals surface area contributed by atoms with Gasteiger partial charge in [-0.15, -0.1) is 0 Å². The van der Waals surface area contributed by atoms with Crippen molar-refractivity contribution in [2.24, 2.45) is 0 Å². The zero-order valence-corrected chi connectivity index (χ0v) is 14.0. The Morgan fingerprint density at radius 2 is 1.83 bits per heavy atom. The number of benzene rings is 1. The van der Waals surface area contributed by atoms with E-state index in [1.165, 1.54) is 25.3 Å². The highest BCUT2D eigenvalue weighted by Crippen LogP contribution is 2.32. The lowest BCUT2D eigenvalue weighted by molar-refractivity contribution is -0.766. The third kappa shape index (κ3) is 4.58. The molecule has 7 heteroatoms. The summed E-state index contributed by atoms with van der Waals surface area (Å²) < 4.78 is 10.6. The zero-order chi connectivity index (χ0) is 17.0. The summed E-state index contributed by atoms with van der Waals surface area (Å²) in [5.74, 6) is 0.575. The first-order valence-electron chi connectivity index (χ1n) is 7.61. The number of hydrogen-bond acceptors (Lipinski definition) is 5. The van der Waals surface area contributed by atoms with E-state index in [0.29, 0.717) is 23.8 Å². The van der Waals surface area contributed by atoms with Crippen LogP contribution in [0.3, 0.4) is 0 Å². The van der Waals surface area contributed by atoms with Gasteiger partial charge in [-0.25, -0.2) is 9.63 Å². The van der Waals surface area contributed by atoms with Crippen molar-refractivity contribution in [1.29, 1.82) is 0 Å². The fraction of sp³-hybridized carbons (Fsp3) is 0.562. The van der Waals surface area contributed by atoms with E-state index in [9.17, 15) is 9.70 Å². The molecule has 0 aromatic heterocycles. The molecule has 0 unspecified atom stereocenters. The molecule has 1 amide bonds. The summed E-state index contributed by atoms with van der Waals surface area (Å²) >= 11 is 0. The van der Waals surface area contributed by atoms with Crippen LogP contribution in [-0.2, 0) is 4.84 Å². The molecule has 0 bridgehead atoms. The quantitative estimate of drug-likeness (QED) is 0.794. The maximum atomic E-state index is 12.0. The second-order valence-electron chi connectivity index (χ2n) is 6.36. The highest BCUT2D eigenvalue weighted by atomic mass is 16.8. The van der Waals surface area contributed by atoms with Crippen LogP contribution in [0.15, 0.2) is 18.2 Å². The second-order valence-corrected chi connectivity index (χ2v) is 6.36. The average Bonchev–Trinajstić information content (AvgIpc) is 3.00. The molecular weight excluding hydrogens is 300 g/mol. The number of carbonyl (C=O) groups excluding carboxylic acids is 1.